The zero-order chi connectivity index (χ0) is 14.5. The Bertz CT molecular complexity index is 395. The van der Waals surface area contributed by atoms with E-state index in [1.54, 1.807) is 4.90 Å². The molecular weight excluding hydrogens is 238 g/mol. The summed E-state index contributed by atoms with van der Waals surface area (Å²) in [4.78, 5) is 13.9. The first-order chi connectivity index (χ1) is 8.83. The van der Waals surface area contributed by atoms with E-state index in [2.05, 4.69) is 19.1 Å². The fourth-order valence-corrected chi connectivity index (χ4v) is 2.01. The van der Waals surface area contributed by atoms with E-state index in [-0.39, 0.29) is 12.1 Å². The van der Waals surface area contributed by atoms with Gasteiger partial charge in [0.25, 0.3) is 0 Å². The SMILES string of the molecule is CCN(C(=O)OC(C)(C)C)C(C)Cc1ccccc1. The number of amides is 1. The van der Waals surface area contributed by atoms with Crippen LogP contribution in [0.1, 0.15) is 40.2 Å². The molecule has 19 heavy (non-hydrogen) atoms. The fraction of sp³-hybridized carbons (Fsp3) is 0.562. The topological polar surface area (TPSA) is 29.5 Å². The molecule has 106 valence electrons. The Morgan fingerprint density at radius 2 is 1.84 bits per heavy atom. The molecule has 0 aliphatic carbocycles. The molecule has 0 aliphatic rings. The van der Waals surface area contributed by atoms with Gasteiger partial charge in [0.15, 0.2) is 0 Å². The van der Waals surface area contributed by atoms with Crippen molar-refractivity contribution in [2.45, 2.75) is 52.7 Å². The van der Waals surface area contributed by atoms with Gasteiger partial charge in [-0.25, -0.2) is 4.79 Å². The molecule has 0 spiro atoms. The minimum Gasteiger partial charge on any atom is -0.444 e. The lowest BCUT2D eigenvalue weighted by molar-refractivity contribution is 0.0189. The summed E-state index contributed by atoms with van der Waals surface area (Å²) in [5.74, 6) is 0. The molecule has 1 aromatic rings. The highest BCUT2D eigenvalue weighted by atomic mass is 16.6. The first kappa shape index (κ1) is 15.5. The van der Waals surface area contributed by atoms with Crippen LogP contribution in [0.15, 0.2) is 30.3 Å². The molecule has 1 amide bonds. The number of benzene rings is 1. The van der Waals surface area contributed by atoms with Gasteiger partial charge < -0.3 is 9.64 Å². The summed E-state index contributed by atoms with van der Waals surface area (Å²) in [6.07, 6.45) is 0.604. The molecule has 0 fully saturated rings. The van der Waals surface area contributed by atoms with E-state index in [0.29, 0.717) is 6.54 Å². The van der Waals surface area contributed by atoms with Crippen LogP contribution in [-0.4, -0.2) is 29.2 Å². The molecule has 0 heterocycles. The molecular formula is C16H25NO2. The van der Waals surface area contributed by atoms with Gasteiger partial charge in [0.05, 0.1) is 0 Å². The lowest BCUT2D eigenvalue weighted by Gasteiger charge is -2.31. The summed E-state index contributed by atoms with van der Waals surface area (Å²) in [6, 6.07) is 10.3. The van der Waals surface area contributed by atoms with Crippen LogP contribution >= 0.6 is 0 Å². The molecule has 0 saturated heterocycles. The van der Waals surface area contributed by atoms with E-state index in [9.17, 15) is 4.79 Å². The van der Waals surface area contributed by atoms with Crippen LogP contribution in [0.25, 0.3) is 0 Å². The average molecular weight is 263 g/mol. The van der Waals surface area contributed by atoms with Crippen molar-refractivity contribution in [3.63, 3.8) is 0 Å². The molecule has 1 rings (SSSR count). The van der Waals surface area contributed by atoms with Gasteiger partial charge >= 0.3 is 6.09 Å². The van der Waals surface area contributed by atoms with Crippen LogP contribution < -0.4 is 0 Å². The van der Waals surface area contributed by atoms with Crippen LogP contribution in [0, 0.1) is 0 Å². The first-order valence-corrected chi connectivity index (χ1v) is 6.87. The standard InChI is InChI=1S/C16H25NO2/c1-6-17(15(18)19-16(3,4)5)13(2)12-14-10-8-7-9-11-14/h7-11,13H,6,12H2,1-5H3. The predicted molar refractivity (Wildman–Crippen MR) is 78.2 cm³/mol. The third-order valence-electron chi connectivity index (χ3n) is 2.87. The van der Waals surface area contributed by atoms with Crippen molar-refractivity contribution in [1.29, 1.82) is 0 Å². The third-order valence-corrected chi connectivity index (χ3v) is 2.87. The summed E-state index contributed by atoms with van der Waals surface area (Å²) in [5, 5.41) is 0. The van der Waals surface area contributed by atoms with Gasteiger partial charge in [0, 0.05) is 12.6 Å². The second-order valence-corrected chi connectivity index (χ2v) is 5.81. The van der Waals surface area contributed by atoms with Gasteiger partial charge in [-0.1, -0.05) is 30.3 Å². The van der Waals surface area contributed by atoms with Gasteiger partial charge in [-0.15, -0.1) is 0 Å². The quantitative estimate of drug-likeness (QED) is 0.825. The maximum atomic E-state index is 12.1. The van der Waals surface area contributed by atoms with Crippen molar-refractivity contribution in [2.24, 2.45) is 0 Å². The van der Waals surface area contributed by atoms with E-state index in [1.807, 2.05) is 45.9 Å². The molecule has 0 N–H and O–H groups in total. The lowest BCUT2D eigenvalue weighted by atomic mass is 10.1. The Balaban J connectivity index is 2.66. The highest BCUT2D eigenvalue weighted by molar-refractivity contribution is 5.68. The maximum Gasteiger partial charge on any atom is 0.410 e. The van der Waals surface area contributed by atoms with E-state index in [4.69, 9.17) is 4.74 Å². The average Bonchev–Trinajstić information content (AvgIpc) is 2.28. The van der Waals surface area contributed by atoms with Gasteiger partial charge in [0.2, 0.25) is 0 Å². The molecule has 1 aromatic carbocycles. The Hall–Kier alpha value is -1.51. The van der Waals surface area contributed by atoms with Gasteiger partial charge in [-0.2, -0.15) is 0 Å². The molecule has 0 aromatic heterocycles. The number of hydrogen-bond donors (Lipinski definition) is 0. The Kier molecular flexibility index (Phi) is 5.40. The Labute approximate surface area is 116 Å². The van der Waals surface area contributed by atoms with Crippen LogP contribution in [0.3, 0.4) is 0 Å². The second kappa shape index (κ2) is 6.60. The largest absolute Gasteiger partial charge is 0.444 e. The smallest absolute Gasteiger partial charge is 0.410 e. The Morgan fingerprint density at radius 3 is 2.32 bits per heavy atom. The maximum absolute atomic E-state index is 12.1. The molecule has 3 nitrogen and oxygen atoms in total. The number of carbonyl (C=O) groups excluding carboxylic acids is 1. The monoisotopic (exact) mass is 263 g/mol. The molecule has 0 saturated carbocycles. The number of nitrogens with zero attached hydrogens (tertiary/aromatic N) is 1. The molecule has 3 heteroatoms. The van der Waals surface area contributed by atoms with E-state index < -0.39 is 5.60 Å². The summed E-state index contributed by atoms with van der Waals surface area (Å²) in [6.45, 7) is 10.4. The van der Waals surface area contributed by atoms with Crippen LogP contribution in [0.5, 0.6) is 0 Å². The zero-order valence-electron chi connectivity index (χ0n) is 12.6. The minimum absolute atomic E-state index is 0.127. The highest BCUT2D eigenvalue weighted by Gasteiger charge is 2.24. The molecule has 0 radical (unpaired) electrons. The van der Waals surface area contributed by atoms with Crippen LogP contribution in [-0.2, 0) is 11.2 Å². The number of ether oxygens (including phenoxy) is 1. The van der Waals surface area contributed by atoms with Crippen LogP contribution in [0.2, 0.25) is 0 Å². The minimum atomic E-state index is -0.447. The van der Waals surface area contributed by atoms with E-state index >= 15 is 0 Å². The van der Waals surface area contributed by atoms with E-state index in [1.165, 1.54) is 5.56 Å². The molecule has 1 unspecified atom stereocenters. The Morgan fingerprint density at radius 1 is 1.26 bits per heavy atom. The summed E-state index contributed by atoms with van der Waals surface area (Å²) in [5.41, 5.74) is 0.786. The van der Waals surface area contributed by atoms with Crippen molar-refractivity contribution in [1.82, 2.24) is 4.90 Å². The van der Waals surface area contributed by atoms with E-state index in [0.717, 1.165) is 6.42 Å². The summed E-state index contributed by atoms with van der Waals surface area (Å²) >= 11 is 0. The second-order valence-electron chi connectivity index (χ2n) is 5.81. The predicted octanol–water partition coefficient (Wildman–Crippen LogP) is 3.87. The molecule has 0 bridgehead atoms. The molecule has 1 atom stereocenters. The van der Waals surface area contributed by atoms with Crippen molar-refractivity contribution >= 4 is 6.09 Å². The van der Waals surface area contributed by atoms with Crippen molar-refractivity contribution in [3.8, 4) is 0 Å². The summed E-state index contributed by atoms with van der Waals surface area (Å²) < 4.78 is 5.44. The third kappa shape index (κ3) is 5.33. The first-order valence-electron chi connectivity index (χ1n) is 6.87. The zero-order valence-corrected chi connectivity index (χ0v) is 12.6. The van der Waals surface area contributed by atoms with Crippen molar-refractivity contribution < 1.29 is 9.53 Å². The number of hydrogen-bond acceptors (Lipinski definition) is 2. The summed E-state index contributed by atoms with van der Waals surface area (Å²) in [7, 11) is 0. The fourth-order valence-electron chi connectivity index (χ4n) is 2.01. The number of carbonyl (C=O) groups is 1. The highest BCUT2D eigenvalue weighted by Crippen LogP contribution is 2.14. The van der Waals surface area contributed by atoms with Crippen molar-refractivity contribution in [3.05, 3.63) is 35.9 Å². The van der Waals surface area contributed by atoms with Crippen molar-refractivity contribution in [2.75, 3.05) is 6.54 Å². The lowest BCUT2D eigenvalue weighted by Crippen LogP contribution is -2.42. The number of rotatable bonds is 4. The van der Waals surface area contributed by atoms with Gasteiger partial charge in [0.1, 0.15) is 5.60 Å². The van der Waals surface area contributed by atoms with Gasteiger partial charge in [-0.3, -0.25) is 0 Å². The number of likely N-dealkylation sites (N-methyl/N-ethyl adjacent to an activating group) is 1. The van der Waals surface area contributed by atoms with Crippen LogP contribution in [0.4, 0.5) is 4.79 Å². The normalized spacial score (nSPS) is 12.9. The van der Waals surface area contributed by atoms with Gasteiger partial charge in [-0.05, 0) is 46.6 Å². The molecule has 0 aliphatic heterocycles.